The zero-order chi connectivity index (χ0) is 23.9. The molecule has 32 heavy (non-hydrogen) atoms. The van der Waals surface area contributed by atoms with E-state index in [9.17, 15) is 13.2 Å². The summed E-state index contributed by atoms with van der Waals surface area (Å²) in [6, 6.07) is 12.3. The van der Waals surface area contributed by atoms with Gasteiger partial charge in [0.2, 0.25) is 10.0 Å². The van der Waals surface area contributed by atoms with E-state index >= 15 is 0 Å². The van der Waals surface area contributed by atoms with Crippen LogP contribution in [0.15, 0.2) is 42.5 Å². The average Bonchev–Trinajstić information content (AvgIpc) is 2.61. The molecule has 0 heterocycles. The maximum atomic E-state index is 12.2. The Labute approximate surface area is 200 Å². The Balaban J connectivity index is 1.95. The molecule has 0 unspecified atom stereocenters. The lowest BCUT2D eigenvalue weighted by molar-refractivity contribution is -0.153. The van der Waals surface area contributed by atoms with E-state index in [4.69, 9.17) is 32.7 Å². The van der Waals surface area contributed by atoms with Crippen molar-refractivity contribution in [1.82, 2.24) is 4.31 Å². The maximum absolute atomic E-state index is 12.2. The number of benzene rings is 2. The minimum atomic E-state index is -3.43. The monoisotopic (exact) mass is 501 g/mol. The van der Waals surface area contributed by atoms with Gasteiger partial charge in [0, 0.05) is 23.1 Å². The van der Waals surface area contributed by atoms with Crippen LogP contribution in [0.1, 0.15) is 31.9 Å². The first-order chi connectivity index (χ1) is 14.8. The van der Waals surface area contributed by atoms with Gasteiger partial charge in [-0.1, -0.05) is 47.5 Å². The highest BCUT2D eigenvalue weighted by atomic mass is 35.5. The summed E-state index contributed by atoms with van der Waals surface area (Å²) in [5, 5.41) is 0.887. The van der Waals surface area contributed by atoms with Gasteiger partial charge in [-0.3, -0.25) is 4.79 Å². The third kappa shape index (κ3) is 9.77. The molecule has 0 aromatic heterocycles. The molecule has 176 valence electrons. The predicted molar refractivity (Wildman–Crippen MR) is 128 cm³/mol. The summed E-state index contributed by atoms with van der Waals surface area (Å²) in [6.07, 6.45) is 1.83. The number of ether oxygens (including phenoxy) is 2. The number of hydrogen-bond acceptors (Lipinski definition) is 5. The van der Waals surface area contributed by atoms with Gasteiger partial charge in [-0.15, -0.1) is 0 Å². The second-order valence-corrected chi connectivity index (χ2v) is 11.3. The molecular formula is C23H29Cl2NO5S. The van der Waals surface area contributed by atoms with Gasteiger partial charge in [0.15, 0.2) is 0 Å². The largest absolute Gasteiger partial charge is 0.492 e. The first kappa shape index (κ1) is 26.5. The van der Waals surface area contributed by atoms with Crippen LogP contribution in [0.25, 0.3) is 0 Å². The lowest BCUT2D eigenvalue weighted by Gasteiger charge is -2.21. The molecule has 0 N–H and O–H groups in total. The summed E-state index contributed by atoms with van der Waals surface area (Å²) in [7, 11) is -3.43. The standard InChI is InChI=1S/C23H29Cl2NO5S/c1-23(2,3)31-22(27)13-18-7-5-6-17(12-18)8-9-26(32(4,28)29)10-11-30-21-15-19(24)14-20(25)16-21/h5-7,12,14-16H,8-11,13H2,1-4H3. The lowest BCUT2D eigenvalue weighted by Crippen LogP contribution is -2.35. The number of carbonyl (C=O) groups is 1. The molecule has 0 aliphatic heterocycles. The molecule has 2 rings (SSSR count). The van der Waals surface area contributed by atoms with E-state index in [1.54, 1.807) is 18.2 Å². The van der Waals surface area contributed by atoms with Gasteiger partial charge in [-0.2, -0.15) is 4.31 Å². The van der Waals surface area contributed by atoms with Crippen LogP contribution in [0.5, 0.6) is 5.75 Å². The maximum Gasteiger partial charge on any atom is 0.310 e. The fraction of sp³-hybridized carbons (Fsp3) is 0.435. The quantitative estimate of drug-likeness (QED) is 0.438. The summed E-state index contributed by atoms with van der Waals surface area (Å²) >= 11 is 11.9. The third-order valence-electron chi connectivity index (χ3n) is 4.32. The van der Waals surface area contributed by atoms with E-state index in [0.29, 0.717) is 22.2 Å². The summed E-state index contributed by atoms with van der Waals surface area (Å²) in [5.74, 6) is 0.177. The molecule has 0 aliphatic rings. The van der Waals surface area contributed by atoms with Crippen LogP contribution >= 0.6 is 23.2 Å². The van der Waals surface area contributed by atoms with E-state index in [1.165, 1.54) is 10.6 Å². The fourth-order valence-corrected chi connectivity index (χ4v) is 4.35. The van der Waals surface area contributed by atoms with E-state index in [1.807, 2.05) is 45.0 Å². The van der Waals surface area contributed by atoms with Crippen molar-refractivity contribution in [1.29, 1.82) is 0 Å². The second-order valence-electron chi connectivity index (χ2n) is 8.45. The lowest BCUT2D eigenvalue weighted by atomic mass is 10.1. The number of carbonyl (C=O) groups excluding carboxylic acids is 1. The number of hydrogen-bond donors (Lipinski definition) is 0. The molecule has 0 fully saturated rings. The van der Waals surface area contributed by atoms with Crippen molar-refractivity contribution in [3.05, 3.63) is 63.6 Å². The first-order valence-corrected chi connectivity index (χ1v) is 12.8. The number of rotatable bonds is 10. The molecule has 0 atom stereocenters. The molecule has 0 radical (unpaired) electrons. The van der Waals surface area contributed by atoms with Gasteiger partial charge >= 0.3 is 5.97 Å². The molecule has 0 saturated carbocycles. The molecular weight excluding hydrogens is 473 g/mol. The third-order valence-corrected chi connectivity index (χ3v) is 6.06. The zero-order valence-electron chi connectivity index (χ0n) is 18.7. The number of esters is 1. The van der Waals surface area contributed by atoms with Crippen LogP contribution in [-0.4, -0.2) is 50.2 Å². The number of nitrogens with zero attached hydrogens (tertiary/aromatic N) is 1. The van der Waals surface area contributed by atoms with Crippen molar-refractivity contribution >= 4 is 39.2 Å². The highest BCUT2D eigenvalue weighted by molar-refractivity contribution is 7.88. The van der Waals surface area contributed by atoms with E-state index in [-0.39, 0.29) is 32.1 Å². The van der Waals surface area contributed by atoms with Gasteiger partial charge in [0.1, 0.15) is 18.0 Å². The van der Waals surface area contributed by atoms with Crippen molar-refractivity contribution in [3.8, 4) is 5.75 Å². The van der Waals surface area contributed by atoms with Gasteiger partial charge in [0.25, 0.3) is 0 Å². The molecule has 0 bridgehead atoms. The van der Waals surface area contributed by atoms with Gasteiger partial charge < -0.3 is 9.47 Å². The zero-order valence-corrected chi connectivity index (χ0v) is 21.1. The normalized spacial score (nSPS) is 12.1. The molecule has 2 aromatic rings. The molecule has 6 nitrogen and oxygen atoms in total. The Bertz CT molecular complexity index is 1010. The number of sulfonamides is 1. The minimum Gasteiger partial charge on any atom is -0.492 e. The molecule has 0 saturated heterocycles. The summed E-state index contributed by atoms with van der Waals surface area (Å²) in [5.41, 5.74) is 1.22. The minimum absolute atomic E-state index is 0.155. The van der Waals surface area contributed by atoms with Crippen LogP contribution in [0.4, 0.5) is 0 Å². The topological polar surface area (TPSA) is 72.9 Å². The molecule has 9 heteroatoms. The molecule has 2 aromatic carbocycles. The molecule has 0 spiro atoms. The number of halogens is 2. The Hall–Kier alpha value is -1.80. The van der Waals surface area contributed by atoms with Crippen molar-refractivity contribution in [2.75, 3.05) is 26.0 Å². The summed E-state index contributed by atoms with van der Waals surface area (Å²) in [6.45, 7) is 6.10. The Morgan fingerprint density at radius 2 is 1.62 bits per heavy atom. The summed E-state index contributed by atoms with van der Waals surface area (Å²) in [4.78, 5) is 12.1. The van der Waals surface area contributed by atoms with Crippen molar-refractivity contribution in [3.63, 3.8) is 0 Å². The smallest absolute Gasteiger partial charge is 0.310 e. The van der Waals surface area contributed by atoms with Crippen LogP contribution in [0.3, 0.4) is 0 Å². The van der Waals surface area contributed by atoms with Crippen molar-refractivity contribution in [2.24, 2.45) is 0 Å². The van der Waals surface area contributed by atoms with Gasteiger partial charge in [0.05, 0.1) is 12.7 Å². The van der Waals surface area contributed by atoms with Crippen molar-refractivity contribution in [2.45, 2.75) is 39.2 Å². The van der Waals surface area contributed by atoms with E-state index in [0.717, 1.165) is 11.1 Å². The molecule has 0 amide bonds. The second kappa shape index (κ2) is 11.4. The molecule has 0 aliphatic carbocycles. The van der Waals surface area contributed by atoms with Gasteiger partial charge in [-0.25, -0.2) is 8.42 Å². The highest BCUT2D eigenvalue weighted by Crippen LogP contribution is 2.24. The Kier molecular flexibility index (Phi) is 9.40. The highest BCUT2D eigenvalue weighted by Gasteiger charge is 2.18. The van der Waals surface area contributed by atoms with E-state index in [2.05, 4.69) is 0 Å². The van der Waals surface area contributed by atoms with E-state index < -0.39 is 15.6 Å². The Morgan fingerprint density at radius 1 is 1.00 bits per heavy atom. The van der Waals surface area contributed by atoms with Crippen molar-refractivity contribution < 1.29 is 22.7 Å². The van der Waals surface area contributed by atoms with Crippen LogP contribution in [0, 0.1) is 0 Å². The fourth-order valence-electron chi connectivity index (χ4n) is 3.01. The van der Waals surface area contributed by atoms with Crippen LogP contribution in [-0.2, 0) is 32.4 Å². The Morgan fingerprint density at radius 3 is 2.22 bits per heavy atom. The van der Waals surface area contributed by atoms with Crippen LogP contribution < -0.4 is 4.74 Å². The SMILES string of the molecule is CC(C)(C)OC(=O)Cc1cccc(CCN(CCOc2cc(Cl)cc(Cl)c2)S(C)(=O)=O)c1. The average molecular weight is 502 g/mol. The summed E-state index contributed by atoms with van der Waals surface area (Å²) < 4.78 is 36.8. The van der Waals surface area contributed by atoms with Gasteiger partial charge in [-0.05, 0) is 56.5 Å². The van der Waals surface area contributed by atoms with Crippen LogP contribution in [0.2, 0.25) is 10.0 Å². The first-order valence-electron chi connectivity index (χ1n) is 10.2. The predicted octanol–water partition coefficient (Wildman–Crippen LogP) is 4.76.